The van der Waals surface area contributed by atoms with Crippen LogP contribution in [-0.4, -0.2) is 40.5 Å². The minimum atomic E-state index is -0.928. The average molecular weight is 284 g/mol. The van der Waals surface area contributed by atoms with E-state index in [1.165, 1.54) is 0 Å². The van der Waals surface area contributed by atoms with Gasteiger partial charge < -0.3 is 10.0 Å². The molecule has 0 radical (unpaired) electrons. The molecule has 6 nitrogen and oxygen atoms in total. The number of carboxylic acid groups (broad SMARTS) is 1. The molecule has 1 heterocycles. The average Bonchev–Trinajstić information content (AvgIpc) is 2.62. The molecule has 6 heteroatoms. The summed E-state index contributed by atoms with van der Waals surface area (Å²) in [5, 5.41) is 10.9. The maximum absolute atomic E-state index is 12.1. The second-order valence-electron chi connectivity index (χ2n) is 5.21. The fourth-order valence-electron chi connectivity index (χ4n) is 2.52. The second-order valence-corrected chi connectivity index (χ2v) is 5.21. The quantitative estimate of drug-likeness (QED) is 0.809. The number of nitrogens with one attached hydrogen (secondary N) is 1. The van der Waals surface area contributed by atoms with Crippen LogP contribution in [0, 0.1) is 0 Å². The van der Waals surface area contributed by atoms with E-state index < -0.39 is 11.9 Å². The molecule has 0 spiro atoms. The standard InChI is InChI=1S/C14H24N2O4/c1-2-11-7-4-3-5-10-16(11)14(20)15-12(17)8-6-9-13(18)19/h11H,2-10H2,1H3,(H,18,19)(H,15,17,20). The molecule has 0 bridgehead atoms. The van der Waals surface area contributed by atoms with Crippen LogP contribution in [0.4, 0.5) is 4.79 Å². The van der Waals surface area contributed by atoms with Gasteiger partial charge in [-0.1, -0.05) is 19.8 Å². The molecule has 0 aromatic heterocycles. The summed E-state index contributed by atoms with van der Waals surface area (Å²) < 4.78 is 0. The first-order chi connectivity index (χ1) is 9.54. The monoisotopic (exact) mass is 284 g/mol. The molecule has 114 valence electrons. The van der Waals surface area contributed by atoms with Crippen LogP contribution in [-0.2, 0) is 9.59 Å². The van der Waals surface area contributed by atoms with Gasteiger partial charge in [0.15, 0.2) is 0 Å². The number of carbonyl (C=O) groups is 3. The Balaban J connectivity index is 2.42. The van der Waals surface area contributed by atoms with Gasteiger partial charge in [0.2, 0.25) is 5.91 Å². The first-order valence-electron chi connectivity index (χ1n) is 7.36. The number of carbonyl (C=O) groups excluding carboxylic acids is 2. The Morgan fingerprint density at radius 1 is 1.20 bits per heavy atom. The lowest BCUT2D eigenvalue weighted by molar-refractivity contribution is -0.137. The van der Waals surface area contributed by atoms with Gasteiger partial charge >= 0.3 is 12.0 Å². The topological polar surface area (TPSA) is 86.7 Å². The van der Waals surface area contributed by atoms with Gasteiger partial charge in [0.1, 0.15) is 0 Å². The van der Waals surface area contributed by atoms with E-state index in [9.17, 15) is 14.4 Å². The van der Waals surface area contributed by atoms with E-state index in [-0.39, 0.29) is 31.3 Å². The van der Waals surface area contributed by atoms with Gasteiger partial charge in [-0.2, -0.15) is 0 Å². The maximum atomic E-state index is 12.1. The second kappa shape index (κ2) is 8.55. The zero-order valence-electron chi connectivity index (χ0n) is 12.1. The number of nitrogens with zero attached hydrogens (tertiary/aromatic N) is 1. The summed E-state index contributed by atoms with van der Waals surface area (Å²) in [6, 6.07) is -0.136. The number of aliphatic carboxylic acids is 1. The van der Waals surface area contributed by atoms with Crippen molar-refractivity contribution in [2.24, 2.45) is 0 Å². The Morgan fingerprint density at radius 2 is 1.95 bits per heavy atom. The molecule has 1 unspecified atom stereocenters. The Morgan fingerprint density at radius 3 is 2.60 bits per heavy atom. The summed E-state index contributed by atoms with van der Waals surface area (Å²) in [5.74, 6) is -1.32. The SMILES string of the molecule is CCC1CCCCCN1C(=O)NC(=O)CCCC(=O)O. The predicted molar refractivity (Wildman–Crippen MR) is 74.3 cm³/mol. The van der Waals surface area contributed by atoms with Crippen LogP contribution < -0.4 is 5.32 Å². The third-order valence-electron chi connectivity index (χ3n) is 3.65. The summed E-state index contributed by atoms with van der Waals surface area (Å²) >= 11 is 0. The molecular formula is C14H24N2O4. The third kappa shape index (κ3) is 5.59. The van der Waals surface area contributed by atoms with Crippen molar-refractivity contribution >= 4 is 17.9 Å². The number of likely N-dealkylation sites (tertiary alicyclic amines) is 1. The van der Waals surface area contributed by atoms with Crippen LogP contribution in [0.25, 0.3) is 0 Å². The predicted octanol–water partition coefficient (Wildman–Crippen LogP) is 2.13. The molecule has 1 rings (SSSR count). The van der Waals surface area contributed by atoms with E-state index in [0.717, 1.165) is 32.1 Å². The summed E-state index contributed by atoms with van der Waals surface area (Å²) in [4.78, 5) is 35.8. The fraction of sp³-hybridized carbons (Fsp3) is 0.786. The van der Waals surface area contributed by atoms with Crippen LogP contribution in [0.5, 0.6) is 0 Å². The van der Waals surface area contributed by atoms with Crippen molar-refractivity contribution in [1.82, 2.24) is 10.2 Å². The van der Waals surface area contributed by atoms with Crippen molar-refractivity contribution in [3.8, 4) is 0 Å². The number of imide groups is 1. The van der Waals surface area contributed by atoms with E-state index in [1.54, 1.807) is 4.90 Å². The first-order valence-corrected chi connectivity index (χ1v) is 7.36. The van der Waals surface area contributed by atoms with Crippen LogP contribution in [0.1, 0.15) is 58.3 Å². The van der Waals surface area contributed by atoms with E-state index in [0.29, 0.717) is 6.54 Å². The first kappa shape index (κ1) is 16.5. The highest BCUT2D eigenvalue weighted by Gasteiger charge is 2.25. The third-order valence-corrected chi connectivity index (χ3v) is 3.65. The van der Waals surface area contributed by atoms with E-state index in [2.05, 4.69) is 5.32 Å². The van der Waals surface area contributed by atoms with E-state index in [4.69, 9.17) is 5.11 Å². The molecule has 3 amide bonds. The number of rotatable bonds is 5. The van der Waals surface area contributed by atoms with Crippen LogP contribution in [0.15, 0.2) is 0 Å². The van der Waals surface area contributed by atoms with Crippen molar-refractivity contribution in [1.29, 1.82) is 0 Å². The molecule has 1 atom stereocenters. The maximum Gasteiger partial charge on any atom is 0.324 e. The van der Waals surface area contributed by atoms with Crippen molar-refractivity contribution in [3.63, 3.8) is 0 Å². The molecule has 1 aliphatic heterocycles. The lowest BCUT2D eigenvalue weighted by Gasteiger charge is -2.29. The fourth-order valence-corrected chi connectivity index (χ4v) is 2.52. The minimum Gasteiger partial charge on any atom is -0.481 e. The zero-order valence-corrected chi connectivity index (χ0v) is 12.1. The highest BCUT2D eigenvalue weighted by Crippen LogP contribution is 2.19. The Kier molecular flexibility index (Phi) is 7.04. The molecule has 0 aliphatic carbocycles. The molecule has 1 aliphatic rings. The molecule has 1 saturated heterocycles. The Labute approximate surface area is 119 Å². The summed E-state index contributed by atoms with van der Waals surface area (Å²) in [7, 11) is 0. The largest absolute Gasteiger partial charge is 0.481 e. The van der Waals surface area contributed by atoms with Crippen LogP contribution in [0.3, 0.4) is 0 Å². The molecule has 0 aromatic rings. The van der Waals surface area contributed by atoms with Gasteiger partial charge in [0.05, 0.1) is 0 Å². The van der Waals surface area contributed by atoms with Gasteiger partial charge in [-0.3, -0.25) is 14.9 Å². The lowest BCUT2D eigenvalue weighted by Crippen LogP contribution is -2.47. The molecular weight excluding hydrogens is 260 g/mol. The molecule has 0 aromatic carbocycles. The highest BCUT2D eigenvalue weighted by molar-refractivity contribution is 5.94. The van der Waals surface area contributed by atoms with Crippen molar-refractivity contribution in [3.05, 3.63) is 0 Å². The number of carboxylic acids is 1. The number of hydrogen-bond donors (Lipinski definition) is 2. The van der Waals surface area contributed by atoms with Crippen molar-refractivity contribution < 1.29 is 19.5 Å². The molecule has 1 fully saturated rings. The lowest BCUT2D eigenvalue weighted by atomic mass is 10.1. The zero-order chi connectivity index (χ0) is 15.0. The number of amides is 3. The van der Waals surface area contributed by atoms with Crippen LogP contribution in [0.2, 0.25) is 0 Å². The molecule has 0 saturated carbocycles. The summed E-state index contributed by atoms with van der Waals surface area (Å²) in [5.41, 5.74) is 0. The van der Waals surface area contributed by atoms with E-state index >= 15 is 0 Å². The van der Waals surface area contributed by atoms with Gasteiger partial charge in [-0.15, -0.1) is 0 Å². The number of urea groups is 1. The van der Waals surface area contributed by atoms with Crippen molar-refractivity contribution in [2.75, 3.05) is 6.54 Å². The Hall–Kier alpha value is -1.59. The van der Waals surface area contributed by atoms with Gasteiger partial charge in [-0.25, -0.2) is 4.79 Å². The number of hydrogen-bond acceptors (Lipinski definition) is 3. The van der Waals surface area contributed by atoms with Gasteiger partial charge in [-0.05, 0) is 25.7 Å². The Bertz CT molecular complexity index is 357. The normalized spacial score (nSPS) is 19.2. The molecule has 2 N–H and O–H groups in total. The summed E-state index contributed by atoms with van der Waals surface area (Å²) in [6.45, 7) is 2.73. The van der Waals surface area contributed by atoms with Crippen LogP contribution >= 0.6 is 0 Å². The van der Waals surface area contributed by atoms with E-state index in [1.807, 2.05) is 6.92 Å². The van der Waals surface area contributed by atoms with Gasteiger partial charge in [0.25, 0.3) is 0 Å². The highest BCUT2D eigenvalue weighted by atomic mass is 16.4. The summed E-state index contributed by atoms with van der Waals surface area (Å²) in [6.07, 6.45) is 5.35. The molecule has 20 heavy (non-hydrogen) atoms. The minimum absolute atomic E-state index is 0.0527. The van der Waals surface area contributed by atoms with Gasteiger partial charge in [0, 0.05) is 25.4 Å². The smallest absolute Gasteiger partial charge is 0.324 e. The van der Waals surface area contributed by atoms with Crippen molar-refractivity contribution in [2.45, 2.75) is 64.3 Å².